The first kappa shape index (κ1) is 8.67. The van der Waals surface area contributed by atoms with Gasteiger partial charge in [-0.05, 0) is 6.92 Å². The zero-order chi connectivity index (χ0) is 8.27. The Balaban J connectivity index is 2.45. The van der Waals surface area contributed by atoms with Crippen molar-refractivity contribution in [3.63, 3.8) is 0 Å². The fourth-order valence-electron chi connectivity index (χ4n) is 0.540. The minimum absolute atomic E-state index is 0.689. The Morgan fingerprint density at radius 1 is 1.73 bits per heavy atom. The number of anilines is 1. The lowest BCUT2D eigenvalue weighted by atomic mass is 10.6. The molecule has 3 nitrogen and oxygen atoms in total. The van der Waals surface area contributed by atoms with Gasteiger partial charge in [-0.2, -0.15) is 0 Å². The topological polar surface area (TPSA) is 37.8 Å². The number of nitrogens with zero attached hydrogens (tertiary/aromatic N) is 2. The number of nitrogens with one attached hydrogen (secondary N) is 1. The Morgan fingerprint density at radius 3 is 2.91 bits per heavy atom. The maximum Gasteiger partial charge on any atom is 0.205 e. The molecule has 60 valence electrons. The SMILES string of the molecule is C=C(Br)CNc1nnc(C)s1. The molecule has 0 saturated heterocycles. The van der Waals surface area contributed by atoms with E-state index in [2.05, 4.69) is 38.0 Å². The smallest absolute Gasteiger partial charge is 0.205 e. The average Bonchev–Trinajstić information content (AvgIpc) is 2.31. The third-order valence-electron chi connectivity index (χ3n) is 0.957. The quantitative estimate of drug-likeness (QED) is 0.870. The second kappa shape index (κ2) is 3.82. The van der Waals surface area contributed by atoms with E-state index in [0.29, 0.717) is 6.54 Å². The lowest BCUT2D eigenvalue weighted by molar-refractivity contribution is 1.04. The predicted octanol–water partition coefficient (Wildman–Crippen LogP) is 2.17. The lowest BCUT2D eigenvalue weighted by Crippen LogP contribution is -1.99. The van der Waals surface area contributed by atoms with E-state index >= 15 is 0 Å². The third-order valence-corrected chi connectivity index (χ3v) is 2.03. The summed E-state index contributed by atoms with van der Waals surface area (Å²) in [6.07, 6.45) is 0. The molecule has 0 aliphatic carbocycles. The molecule has 0 unspecified atom stereocenters. The number of halogens is 1. The summed E-state index contributed by atoms with van der Waals surface area (Å²) < 4.78 is 0.908. The van der Waals surface area contributed by atoms with Crippen molar-refractivity contribution in [2.24, 2.45) is 0 Å². The van der Waals surface area contributed by atoms with E-state index in [9.17, 15) is 0 Å². The highest BCUT2D eigenvalue weighted by molar-refractivity contribution is 9.11. The van der Waals surface area contributed by atoms with E-state index in [1.165, 1.54) is 11.3 Å². The predicted molar refractivity (Wildman–Crippen MR) is 51.2 cm³/mol. The van der Waals surface area contributed by atoms with Crippen LogP contribution in [-0.4, -0.2) is 16.7 Å². The minimum Gasteiger partial charge on any atom is -0.355 e. The molecule has 0 atom stereocenters. The van der Waals surface area contributed by atoms with Gasteiger partial charge < -0.3 is 5.32 Å². The van der Waals surface area contributed by atoms with Gasteiger partial charge in [0.15, 0.2) is 0 Å². The largest absolute Gasteiger partial charge is 0.355 e. The van der Waals surface area contributed by atoms with Gasteiger partial charge in [0.2, 0.25) is 5.13 Å². The molecule has 1 aromatic rings. The molecule has 0 bridgehead atoms. The molecule has 5 heteroatoms. The van der Waals surface area contributed by atoms with Crippen LogP contribution in [0.25, 0.3) is 0 Å². The zero-order valence-electron chi connectivity index (χ0n) is 6.09. The molecule has 1 N–H and O–H groups in total. The summed E-state index contributed by atoms with van der Waals surface area (Å²) in [5.74, 6) is 0. The first-order valence-corrected chi connectivity index (χ1v) is 4.66. The molecule has 0 aliphatic rings. The van der Waals surface area contributed by atoms with Crippen LogP contribution < -0.4 is 5.32 Å². The standard InChI is InChI=1S/C6H8BrN3S/c1-4(7)3-8-6-10-9-5(2)11-6/h1,3H2,2H3,(H,8,10). The van der Waals surface area contributed by atoms with Crippen LogP contribution in [0, 0.1) is 6.92 Å². The van der Waals surface area contributed by atoms with E-state index in [4.69, 9.17) is 0 Å². The molecular formula is C6H8BrN3S. The molecule has 1 heterocycles. The van der Waals surface area contributed by atoms with Gasteiger partial charge in [0.05, 0.1) is 0 Å². The van der Waals surface area contributed by atoms with Crippen LogP contribution in [0.15, 0.2) is 11.1 Å². The molecule has 0 aliphatic heterocycles. The molecule has 0 spiro atoms. The fourth-order valence-corrected chi connectivity index (χ4v) is 1.27. The van der Waals surface area contributed by atoms with Crippen molar-refractivity contribution in [1.29, 1.82) is 0 Å². The van der Waals surface area contributed by atoms with Crippen molar-refractivity contribution in [2.45, 2.75) is 6.92 Å². The van der Waals surface area contributed by atoms with E-state index in [1.54, 1.807) is 0 Å². The van der Waals surface area contributed by atoms with Crippen molar-refractivity contribution in [1.82, 2.24) is 10.2 Å². The van der Waals surface area contributed by atoms with Gasteiger partial charge in [-0.25, -0.2) is 0 Å². The average molecular weight is 234 g/mol. The van der Waals surface area contributed by atoms with E-state index in [1.807, 2.05) is 6.92 Å². The van der Waals surface area contributed by atoms with Gasteiger partial charge >= 0.3 is 0 Å². The van der Waals surface area contributed by atoms with Crippen LogP contribution in [0.3, 0.4) is 0 Å². The van der Waals surface area contributed by atoms with E-state index in [-0.39, 0.29) is 0 Å². The second-order valence-electron chi connectivity index (χ2n) is 2.00. The Bertz CT molecular complexity index is 258. The highest BCUT2D eigenvalue weighted by atomic mass is 79.9. The molecule has 0 aromatic carbocycles. The fraction of sp³-hybridized carbons (Fsp3) is 0.333. The number of rotatable bonds is 3. The van der Waals surface area contributed by atoms with Gasteiger partial charge in [-0.1, -0.05) is 33.8 Å². The Kier molecular flexibility index (Phi) is 3.02. The summed E-state index contributed by atoms with van der Waals surface area (Å²) in [7, 11) is 0. The number of aryl methyl sites for hydroxylation is 1. The normalized spacial score (nSPS) is 9.64. The van der Waals surface area contributed by atoms with Crippen LogP contribution in [0.4, 0.5) is 5.13 Å². The zero-order valence-corrected chi connectivity index (χ0v) is 8.50. The summed E-state index contributed by atoms with van der Waals surface area (Å²) in [6.45, 7) is 6.30. The van der Waals surface area contributed by atoms with E-state index in [0.717, 1.165) is 14.6 Å². The van der Waals surface area contributed by atoms with Crippen LogP contribution in [-0.2, 0) is 0 Å². The molecule has 0 amide bonds. The van der Waals surface area contributed by atoms with Crippen molar-refractivity contribution in [3.8, 4) is 0 Å². The van der Waals surface area contributed by atoms with Crippen LogP contribution >= 0.6 is 27.3 Å². The highest BCUT2D eigenvalue weighted by Crippen LogP contribution is 2.14. The maximum absolute atomic E-state index is 3.88. The van der Waals surface area contributed by atoms with Crippen LogP contribution in [0.2, 0.25) is 0 Å². The molecule has 11 heavy (non-hydrogen) atoms. The molecule has 0 saturated carbocycles. The van der Waals surface area contributed by atoms with Gasteiger partial charge in [0, 0.05) is 11.0 Å². The monoisotopic (exact) mass is 233 g/mol. The van der Waals surface area contributed by atoms with Crippen molar-refractivity contribution in [2.75, 3.05) is 11.9 Å². The van der Waals surface area contributed by atoms with Gasteiger partial charge in [0.25, 0.3) is 0 Å². The Hall–Kier alpha value is -0.420. The van der Waals surface area contributed by atoms with Gasteiger partial charge in [0.1, 0.15) is 5.01 Å². The number of hydrogen-bond acceptors (Lipinski definition) is 4. The summed E-state index contributed by atoms with van der Waals surface area (Å²) in [6, 6.07) is 0. The Labute approximate surface area is 77.7 Å². The molecule has 1 rings (SSSR count). The minimum atomic E-state index is 0.689. The van der Waals surface area contributed by atoms with Crippen molar-refractivity contribution < 1.29 is 0 Å². The molecule has 0 radical (unpaired) electrons. The summed E-state index contributed by atoms with van der Waals surface area (Å²) in [5, 5.41) is 12.6. The third kappa shape index (κ3) is 2.98. The number of hydrogen-bond donors (Lipinski definition) is 1. The molecule has 1 aromatic heterocycles. The van der Waals surface area contributed by atoms with Crippen molar-refractivity contribution >= 4 is 32.4 Å². The summed E-state index contributed by atoms with van der Waals surface area (Å²) in [4.78, 5) is 0. The van der Waals surface area contributed by atoms with Crippen LogP contribution in [0.1, 0.15) is 5.01 Å². The van der Waals surface area contributed by atoms with Gasteiger partial charge in [-0.3, -0.25) is 0 Å². The van der Waals surface area contributed by atoms with Gasteiger partial charge in [-0.15, -0.1) is 10.2 Å². The maximum atomic E-state index is 3.88. The van der Waals surface area contributed by atoms with Crippen molar-refractivity contribution in [3.05, 3.63) is 16.1 Å². The number of aromatic nitrogens is 2. The first-order valence-electron chi connectivity index (χ1n) is 3.06. The summed E-state index contributed by atoms with van der Waals surface area (Å²) in [5.41, 5.74) is 0. The lowest BCUT2D eigenvalue weighted by Gasteiger charge is -1.96. The highest BCUT2D eigenvalue weighted by Gasteiger charge is 1.97. The summed E-state index contributed by atoms with van der Waals surface area (Å²) >= 11 is 4.77. The van der Waals surface area contributed by atoms with E-state index < -0.39 is 0 Å². The van der Waals surface area contributed by atoms with Crippen LogP contribution in [0.5, 0.6) is 0 Å². The first-order chi connectivity index (χ1) is 5.18. The Morgan fingerprint density at radius 2 is 2.45 bits per heavy atom. The molecular weight excluding hydrogens is 226 g/mol. The molecule has 0 fully saturated rings. The second-order valence-corrected chi connectivity index (χ2v) is 4.30.